The molecule has 4 N–H and O–H groups in total. The molecule has 1 aliphatic rings. The lowest BCUT2D eigenvalue weighted by atomic mass is 9.87. The van der Waals surface area contributed by atoms with Crippen LogP contribution in [0.4, 0.5) is 4.79 Å². The Morgan fingerprint density at radius 2 is 1.66 bits per heavy atom. The molecular formula is C34H69N5O6S2. The number of amides is 3. The van der Waals surface area contributed by atoms with Gasteiger partial charge in [0.25, 0.3) is 6.47 Å². The highest BCUT2D eigenvalue weighted by molar-refractivity contribution is 7.85. The van der Waals surface area contributed by atoms with Crippen molar-refractivity contribution >= 4 is 47.0 Å². The highest BCUT2D eigenvalue weighted by Gasteiger charge is 2.30. The van der Waals surface area contributed by atoms with E-state index in [1.807, 2.05) is 73.0 Å². The van der Waals surface area contributed by atoms with Gasteiger partial charge in [-0.15, -0.1) is 11.3 Å². The summed E-state index contributed by atoms with van der Waals surface area (Å²) in [6, 6.07) is 3.47. The molecule has 1 fully saturated rings. The van der Waals surface area contributed by atoms with Gasteiger partial charge < -0.3 is 25.9 Å². The molecule has 0 saturated carbocycles. The molecule has 2 rings (SSSR count). The minimum absolute atomic E-state index is 0.0281. The van der Waals surface area contributed by atoms with Gasteiger partial charge in [0.05, 0.1) is 12.6 Å². The van der Waals surface area contributed by atoms with Gasteiger partial charge in [-0.3, -0.25) is 14.5 Å². The first-order valence-electron chi connectivity index (χ1n) is 16.9. The molecule has 11 nitrogen and oxygen atoms in total. The first kappa shape index (κ1) is 51.5. The van der Waals surface area contributed by atoms with Crippen molar-refractivity contribution in [1.29, 1.82) is 0 Å². The third kappa shape index (κ3) is 25.4. The highest BCUT2D eigenvalue weighted by atomic mass is 32.2. The number of carbonyl (C=O) groups excluding carboxylic acids is 3. The maximum atomic E-state index is 12.4. The average molecular weight is 708 g/mol. The summed E-state index contributed by atoms with van der Waals surface area (Å²) in [6.45, 7) is 25.9. The Morgan fingerprint density at radius 1 is 1.13 bits per heavy atom. The Bertz CT molecular complexity index is 929. The predicted molar refractivity (Wildman–Crippen MR) is 199 cm³/mol. The number of hydrogen-bond donors (Lipinski definition) is 4. The Hall–Kier alpha value is -2.35. The Balaban J connectivity index is -0.000000319. The second-order valence-corrected chi connectivity index (χ2v) is 14.3. The summed E-state index contributed by atoms with van der Waals surface area (Å²) in [4.78, 5) is 44.5. The molecule has 1 saturated heterocycles. The van der Waals surface area contributed by atoms with Crippen molar-refractivity contribution in [3.05, 3.63) is 17.5 Å². The summed E-state index contributed by atoms with van der Waals surface area (Å²) in [5.74, 6) is 0.767. The molecule has 0 spiro atoms. The van der Waals surface area contributed by atoms with E-state index >= 15 is 0 Å². The maximum absolute atomic E-state index is 12.4. The van der Waals surface area contributed by atoms with Gasteiger partial charge in [0.15, 0.2) is 0 Å². The van der Waals surface area contributed by atoms with Crippen LogP contribution in [0.5, 0.6) is 0 Å². The summed E-state index contributed by atoms with van der Waals surface area (Å²) in [6.07, 6.45) is 5.15. The third-order valence-corrected chi connectivity index (χ3v) is 9.35. The van der Waals surface area contributed by atoms with Gasteiger partial charge in [-0.1, -0.05) is 95.1 Å². The number of carboxylic acid groups (broad SMARTS) is 1. The van der Waals surface area contributed by atoms with E-state index in [1.54, 1.807) is 11.4 Å². The molecule has 47 heavy (non-hydrogen) atoms. The number of rotatable bonds is 11. The van der Waals surface area contributed by atoms with Crippen LogP contribution in [0.25, 0.3) is 0 Å². The number of carbonyl (C=O) groups is 4. The van der Waals surface area contributed by atoms with Crippen LogP contribution in [-0.2, 0) is 25.4 Å². The molecule has 0 aliphatic carbocycles. The molecule has 1 aromatic heterocycles. The summed E-state index contributed by atoms with van der Waals surface area (Å²) >= 11 is 1.44. The van der Waals surface area contributed by atoms with Crippen LogP contribution in [0.2, 0.25) is 0 Å². The number of nitrogens with one attached hydrogen (secondary N) is 3. The zero-order valence-corrected chi connectivity index (χ0v) is 33.5. The van der Waals surface area contributed by atoms with Gasteiger partial charge in [0.2, 0.25) is 5.91 Å². The van der Waals surface area contributed by atoms with Crippen molar-refractivity contribution in [3.8, 4) is 0 Å². The SMILES string of the molecule is CC.CC.CCC.CCC(C)C(C)NC(=O)[C@@H]1CCCN1C.CN(C[C@@H](NC(=O)NCC=O)C(C)(C)C)S(=O)c1cccs1.O=CO. The van der Waals surface area contributed by atoms with Gasteiger partial charge in [-0.2, -0.15) is 0 Å². The van der Waals surface area contributed by atoms with Gasteiger partial charge in [0.1, 0.15) is 21.5 Å². The van der Waals surface area contributed by atoms with Crippen molar-refractivity contribution in [1.82, 2.24) is 25.2 Å². The fourth-order valence-electron chi connectivity index (χ4n) is 3.78. The molecule has 3 amide bonds. The van der Waals surface area contributed by atoms with Crippen LogP contribution in [0.15, 0.2) is 21.7 Å². The second-order valence-electron chi connectivity index (χ2n) is 11.6. The Morgan fingerprint density at radius 3 is 2.04 bits per heavy atom. The van der Waals surface area contributed by atoms with Crippen LogP contribution in [0, 0.1) is 11.3 Å². The Kier molecular flexibility index (Phi) is 35.3. The van der Waals surface area contributed by atoms with Crippen molar-refractivity contribution in [3.63, 3.8) is 0 Å². The number of likely N-dealkylation sites (tertiary alicyclic amines) is 1. The number of hydrogen-bond acceptors (Lipinski definition) is 7. The molecule has 0 aromatic carbocycles. The molecule has 1 aromatic rings. The lowest BCUT2D eigenvalue weighted by Gasteiger charge is -2.34. The number of thiophene rings is 1. The maximum Gasteiger partial charge on any atom is 0.315 e. The molecule has 13 heteroatoms. The molecule has 278 valence electrons. The predicted octanol–water partition coefficient (Wildman–Crippen LogP) is 6.42. The fourth-order valence-corrected chi connectivity index (χ4v) is 5.89. The second kappa shape index (κ2) is 32.2. The van der Waals surface area contributed by atoms with E-state index < -0.39 is 17.0 Å². The van der Waals surface area contributed by atoms with E-state index in [0.717, 1.165) is 30.0 Å². The number of urea groups is 1. The molecule has 0 bridgehead atoms. The summed E-state index contributed by atoms with van der Waals surface area (Å²) < 4.78 is 14.9. The average Bonchev–Trinajstić information content (AvgIpc) is 3.74. The first-order valence-corrected chi connectivity index (χ1v) is 18.9. The quantitative estimate of drug-likeness (QED) is 0.194. The van der Waals surface area contributed by atoms with E-state index in [4.69, 9.17) is 9.90 Å². The summed E-state index contributed by atoms with van der Waals surface area (Å²) in [7, 11) is 2.55. The fraction of sp³-hybridized carbons (Fsp3) is 0.765. The van der Waals surface area contributed by atoms with Gasteiger partial charge in [-0.05, 0) is 56.1 Å². The van der Waals surface area contributed by atoms with Gasteiger partial charge >= 0.3 is 6.03 Å². The van der Waals surface area contributed by atoms with Crippen molar-refractivity contribution in [2.45, 2.75) is 131 Å². The minimum atomic E-state index is -1.25. The number of likely N-dealkylation sites (N-methyl/N-ethyl adjacent to an activating group) is 2. The third-order valence-electron chi connectivity index (χ3n) is 6.78. The standard InChI is InChI=1S/C14H23N3O3S2.C12H24N2O.C3H8.2C2H6.CH2O2/c1-14(2,3)11(16-13(19)15-7-8-18)10-17(4)22(20)12-6-5-9-21-12;1-5-9(2)10(3)13-12(15)11-7-6-8-14(11)4;1-3-2;2*1-2;2-1-3/h5-6,8-9,11H,7,10H2,1-4H3,(H2,15,16,19);9-11H,5-8H2,1-4H3,(H,13,15);3H2,1-2H3;2*1-2H3;1H,(H,2,3)/t11-,22?;9?,10?,11-;;;;/m10..../s1. The molecule has 3 unspecified atom stereocenters. The van der Waals surface area contributed by atoms with E-state index in [0.29, 0.717) is 18.7 Å². The summed E-state index contributed by atoms with van der Waals surface area (Å²) in [5, 5.41) is 17.2. The van der Waals surface area contributed by atoms with Crippen LogP contribution in [0.1, 0.15) is 109 Å². The normalized spacial score (nSPS) is 16.0. The van der Waals surface area contributed by atoms with E-state index in [9.17, 15) is 18.6 Å². The molecule has 2 heterocycles. The van der Waals surface area contributed by atoms with Crippen LogP contribution in [0.3, 0.4) is 0 Å². The number of nitrogens with zero attached hydrogens (tertiary/aromatic N) is 2. The van der Waals surface area contributed by atoms with Crippen molar-refractivity contribution in [2.24, 2.45) is 11.3 Å². The van der Waals surface area contributed by atoms with Crippen LogP contribution in [-0.4, -0.2) is 95.1 Å². The molecule has 5 atom stereocenters. The Labute approximate surface area is 293 Å². The van der Waals surface area contributed by atoms with Gasteiger partial charge in [0, 0.05) is 25.7 Å². The molecular weight excluding hydrogens is 639 g/mol. The van der Waals surface area contributed by atoms with Crippen LogP contribution >= 0.6 is 11.3 Å². The first-order chi connectivity index (χ1) is 22.1. The van der Waals surface area contributed by atoms with E-state index in [-0.39, 0.29) is 42.5 Å². The zero-order chi connectivity index (χ0) is 37.6. The molecule has 0 radical (unpaired) electrons. The minimum Gasteiger partial charge on any atom is -0.483 e. The lowest BCUT2D eigenvalue weighted by molar-refractivity contribution is -0.126. The van der Waals surface area contributed by atoms with Gasteiger partial charge in [-0.25, -0.2) is 13.3 Å². The van der Waals surface area contributed by atoms with Crippen molar-refractivity contribution in [2.75, 3.05) is 33.7 Å². The zero-order valence-electron chi connectivity index (χ0n) is 31.8. The monoisotopic (exact) mass is 707 g/mol. The highest BCUT2D eigenvalue weighted by Crippen LogP contribution is 2.22. The smallest absolute Gasteiger partial charge is 0.315 e. The molecule has 1 aliphatic heterocycles. The lowest BCUT2D eigenvalue weighted by Crippen LogP contribution is -2.53. The number of aldehydes is 1. The van der Waals surface area contributed by atoms with Crippen molar-refractivity contribution < 1.29 is 28.5 Å². The van der Waals surface area contributed by atoms with E-state index in [1.165, 1.54) is 17.8 Å². The summed E-state index contributed by atoms with van der Waals surface area (Å²) in [5.41, 5.74) is -0.216. The largest absolute Gasteiger partial charge is 0.483 e. The topological polar surface area (TPSA) is 148 Å². The van der Waals surface area contributed by atoms with E-state index in [2.05, 4.69) is 55.5 Å². The van der Waals surface area contributed by atoms with Crippen LogP contribution < -0.4 is 16.0 Å².